The summed E-state index contributed by atoms with van der Waals surface area (Å²) in [6.45, 7) is 5.02. The summed E-state index contributed by atoms with van der Waals surface area (Å²) in [5, 5.41) is 3.58. The Morgan fingerprint density at radius 2 is 2.05 bits per heavy atom. The Morgan fingerprint density at radius 3 is 2.75 bits per heavy atom. The van der Waals surface area contributed by atoms with Gasteiger partial charge in [0.1, 0.15) is 0 Å². The van der Waals surface area contributed by atoms with Crippen LogP contribution in [0, 0.1) is 12.8 Å². The van der Waals surface area contributed by atoms with Crippen molar-refractivity contribution in [3.05, 3.63) is 35.4 Å². The molecule has 0 amide bonds. The first kappa shape index (κ1) is 15.5. The van der Waals surface area contributed by atoms with Crippen molar-refractivity contribution in [2.75, 3.05) is 26.8 Å². The van der Waals surface area contributed by atoms with E-state index >= 15 is 0 Å². The molecule has 1 aromatic rings. The molecule has 2 heteroatoms. The molecular formula is C18H29NO. The first-order valence-corrected chi connectivity index (χ1v) is 8.07. The fourth-order valence-corrected chi connectivity index (χ4v) is 3.43. The van der Waals surface area contributed by atoms with Gasteiger partial charge in [-0.2, -0.15) is 0 Å². The monoisotopic (exact) mass is 275 g/mol. The van der Waals surface area contributed by atoms with Crippen molar-refractivity contribution in [1.29, 1.82) is 0 Å². The van der Waals surface area contributed by atoms with Gasteiger partial charge in [-0.3, -0.25) is 0 Å². The van der Waals surface area contributed by atoms with Crippen LogP contribution in [0.1, 0.15) is 49.1 Å². The maximum absolute atomic E-state index is 5.13. The van der Waals surface area contributed by atoms with Crippen LogP contribution in [0.15, 0.2) is 24.3 Å². The molecule has 20 heavy (non-hydrogen) atoms. The molecule has 1 saturated carbocycles. The predicted octanol–water partition coefficient (Wildman–Crippen LogP) is 3.89. The number of nitrogens with one attached hydrogen (secondary N) is 1. The largest absolute Gasteiger partial charge is 0.383 e. The fraction of sp³-hybridized carbons (Fsp3) is 0.667. The average molecular weight is 275 g/mol. The standard InChI is InChI=1S/C18H29NO/c1-15-7-6-10-17(13-15)18(14-19-11-12-20-2)16-8-4-3-5-9-16/h6-7,10,13,16,18-19H,3-5,8-9,11-12,14H2,1-2H3. The van der Waals surface area contributed by atoms with E-state index in [1.54, 1.807) is 7.11 Å². The number of hydrogen-bond donors (Lipinski definition) is 1. The first-order chi connectivity index (χ1) is 9.81. The normalized spacial score (nSPS) is 18.1. The van der Waals surface area contributed by atoms with E-state index in [1.165, 1.54) is 43.2 Å². The van der Waals surface area contributed by atoms with Gasteiger partial charge in [0.25, 0.3) is 0 Å². The third-order valence-electron chi connectivity index (χ3n) is 4.54. The molecule has 1 fully saturated rings. The molecule has 0 aromatic heterocycles. The first-order valence-electron chi connectivity index (χ1n) is 8.07. The molecule has 2 nitrogen and oxygen atoms in total. The Morgan fingerprint density at radius 1 is 1.25 bits per heavy atom. The number of hydrogen-bond acceptors (Lipinski definition) is 2. The molecule has 0 spiro atoms. The molecule has 0 heterocycles. The second kappa shape index (κ2) is 8.43. The average Bonchev–Trinajstić information content (AvgIpc) is 2.48. The molecule has 0 bridgehead atoms. The van der Waals surface area contributed by atoms with E-state index in [1.807, 2.05) is 0 Å². The van der Waals surface area contributed by atoms with E-state index in [0.29, 0.717) is 5.92 Å². The lowest BCUT2D eigenvalue weighted by Crippen LogP contribution is -2.30. The summed E-state index contributed by atoms with van der Waals surface area (Å²) >= 11 is 0. The number of rotatable bonds is 7. The Hall–Kier alpha value is -0.860. The van der Waals surface area contributed by atoms with E-state index in [-0.39, 0.29) is 0 Å². The number of aryl methyl sites for hydroxylation is 1. The van der Waals surface area contributed by atoms with Gasteiger partial charge < -0.3 is 10.1 Å². The minimum absolute atomic E-state index is 0.659. The van der Waals surface area contributed by atoms with Gasteiger partial charge in [0.05, 0.1) is 6.61 Å². The summed E-state index contributed by atoms with van der Waals surface area (Å²) in [6.07, 6.45) is 7.03. The van der Waals surface area contributed by atoms with Crippen molar-refractivity contribution in [2.24, 2.45) is 5.92 Å². The molecule has 2 rings (SSSR count). The molecule has 1 aliphatic carbocycles. The minimum Gasteiger partial charge on any atom is -0.383 e. The molecule has 0 aliphatic heterocycles. The molecular weight excluding hydrogens is 246 g/mol. The van der Waals surface area contributed by atoms with Gasteiger partial charge in [-0.15, -0.1) is 0 Å². The van der Waals surface area contributed by atoms with E-state index in [2.05, 4.69) is 36.5 Å². The lowest BCUT2D eigenvalue weighted by Gasteiger charge is -2.31. The van der Waals surface area contributed by atoms with E-state index < -0.39 is 0 Å². The van der Waals surface area contributed by atoms with Crippen LogP contribution in [0.25, 0.3) is 0 Å². The smallest absolute Gasteiger partial charge is 0.0587 e. The van der Waals surface area contributed by atoms with Crippen LogP contribution in [0.2, 0.25) is 0 Å². The van der Waals surface area contributed by atoms with Crippen LogP contribution in [0.5, 0.6) is 0 Å². The van der Waals surface area contributed by atoms with Crippen LogP contribution in [0.3, 0.4) is 0 Å². The van der Waals surface area contributed by atoms with Gasteiger partial charge in [0, 0.05) is 20.2 Å². The molecule has 1 aromatic carbocycles. The molecule has 0 saturated heterocycles. The van der Waals surface area contributed by atoms with Gasteiger partial charge >= 0.3 is 0 Å². The maximum Gasteiger partial charge on any atom is 0.0587 e. The Kier molecular flexibility index (Phi) is 6.55. The van der Waals surface area contributed by atoms with E-state index in [4.69, 9.17) is 4.74 Å². The molecule has 0 radical (unpaired) electrons. The zero-order valence-corrected chi connectivity index (χ0v) is 13.0. The highest BCUT2D eigenvalue weighted by atomic mass is 16.5. The van der Waals surface area contributed by atoms with Gasteiger partial charge in [0.15, 0.2) is 0 Å². The van der Waals surface area contributed by atoms with Crippen molar-refractivity contribution in [3.8, 4) is 0 Å². The highest BCUT2D eigenvalue weighted by Gasteiger charge is 2.24. The van der Waals surface area contributed by atoms with Crippen LogP contribution in [-0.2, 0) is 4.74 Å². The molecule has 1 N–H and O–H groups in total. The number of ether oxygens (including phenoxy) is 1. The van der Waals surface area contributed by atoms with Crippen LogP contribution >= 0.6 is 0 Å². The van der Waals surface area contributed by atoms with Gasteiger partial charge in [-0.05, 0) is 37.2 Å². The summed E-state index contributed by atoms with van der Waals surface area (Å²) in [5.74, 6) is 1.51. The Labute approximate surface area is 123 Å². The van der Waals surface area contributed by atoms with E-state index in [9.17, 15) is 0 Å². The van der Waals surface area contributed by atoms with Gasteiger partial charge in [0.2, 0.25) is 0 Å². The molecule has 1 unspecified atom stereocenters. The summed E-state index contributed by atoms with van der Waals surface area (Å²) in [4.78, 5) is 0. The van der Waals surface area contributed by atoms with Crippen molar-refractivity contribution in [2.45, 2.75) is 44.9 Å². The number of methoxy groups -OCH3 is 1. The summed E-state index contributed by atoms with van der Waals surface area (Å²) < 4.78 is 5.13. The quantitative estimate of drug-likeness (QED) is 0.762. The second-order valence-electron chi connectivity index (χ2n) is 6.12. The lowest BCUT2D eigenvalue weighted by molar-refractivity contribution is 0.196. The molecule has 112 valence electrons. The fourth-order valence-electron chi connectivity index (χ4n) is 3.43. The topological polar surface area (TPSA) is 21.3 Å². The summed E-state index contributed by atoms with van der Waals surface area (Å²) in [5.41, 5.74) is 2.89. The zero-order chi connectivity index (χ0) is 14.2. The van der Waals surface area contributed by atoms with Crippen molar-refractivity contribution < 1.29 is 4.74 Å². The van der Waals surface area contributed by atoms with Crippen molar-refractivity contribution in [3.63, 3.8) is 0 Å². The zero-order valence-electron chi connectivity index (χ0n) is 13.0. The van der Waals surface area contributed by atoms with Crippen LogP contribution in [0.4, 0.5) is 0 Å². The third-order valence-corrected chi connectivity index (χ3v) is 4.54. The second-order valence-corrected chi connectivity index (χ2v) is 6.12. The SMILES string of the molecule is COCCNCC(c1cccc(C)c1)C1CCCCC1. The van der Waals surface area contributed by atoms with Crippen molar-refractivity contribution >= 4 is 0 Å². The van der Waals surface area contributed by atoms with Gasteiger partial charge in [-0.1, -0.05) is 49.1 Å². The predicted molar refractivity (Wildman–Crippen MR) is 85.2 cm³/mol. The highest BCUT2D eigenvalue weighted by Crippen LogP contribution is 2.35. The van der Waals surface area contributed by atoms with Crippen molar-refractivity contribution in [1.82, 2.24) is 5.32 Å². The third kappa shape index (κ3) is 4.60. The van der Waals surface area contributed by atoms with Crippen LogP contribution < -0.4 is 5.32 Å². The lowest BCUT2D eigenvalue weighted by atomic mass is 9.76. The molecule has 1 atom stereocenters. The summed E-state index contributed by atoms with van der Waals surface area (Å²) in [7, 11) is 1.76. The minimum atomic E-state index is 0.659. The summed E-state index contributed by atoms with van der Waals surface area (Å²) in [6, 6.07) is 9.08. The van der Waals surface area contributed by atoms with Gasteiger partial charge in [-0.25, -0.2) is 0 Å². The number of benzene rings is 1. The van der Waals surface area contributed by atoms with Crippen LogP contribution in [-0.4, -0.2) is 26.8 Å². The Balaban J connectivity index is 2.02. The molecule has 1 aliphatic rings. The Bertz CT molecular complexity index is 385. The maximum atomic E-state index is 5.13. The van der Waals surface area contributed by atoms with E-state index in [0.717, 1.165) is 25.6 Å². The highest BCUT2D eigenvalue weighted by molar-refractivity contribution is 5.26.